The Balaban J connectivity index is 1.53. The van der Waals surface area contributed by atoms with E-state index in [1.165, 1.54) is 43.5 Å². The fraction of sp³-hybridized carbons (Fsp3) is 0.542. The van der Waals surface area contributed by atoms with Crippen LogP contribution in [0.15, 0.2) is 36.4 Å². The van der Waals surface area contributed by atoms with Gasteiger partial charge in [0.25, 0.3) is 0 Å². The zero-order valence-electron chi connectivity index (χ0n) is 17.6. The van der Waals surface area contributed by atoms with E-state index in [4.69, 9.17) is 9.47 Å². The highest BCUT2D eigenvalue weighted by Gasteiger charge is 2.20. The van der Waals surface area contributed by atoms with E-state index < -0.39 is 12.1 Å². The van der Waals surface area contributed by atoms with Gasteiger partial charge in [0, 0.05) is 24.4 Å². The molecule has 0 bridgehead atoms. The Kier molecular flexibility index (Phi) is 7.76. The first-order valence-electron chi connectivity index (χ1n) is 10.8. The SMILES string of the molecule is CCOC(Cc1ccc(OCCn2c(C)ccc2C2CCCCC2)cc1)C(=O)O. The first-order chi connectivity index (χ1) is 14.1. The average Bonchev–Trinajstić information content (AvgIpc) is 3.10. The number of rotatable bonds is 10. The summed E-state index contributed by atoms with van der Waals surface area (Å²) in [5.41, 5.74) is 3.68. The van der Waals surface area contributed by atoms with Gasteiger partial charge in [0.05, 0.1) is 6.54 Å². The zero-order chi connectivity index (χ0) is 20.6. The quantitative estimate of drug-likeness (QED) is 0.614. The molecule has 0 amide bonds. The Hall–Kier alpha value is -2.27. The lowest BCUT2D eigenvalue weighted by molar-refractivity contribution is -0.149. The molecule has 3 rings (SSSR count). The van der Waals surface area contributed by atoms with Crippen LogP contribution in [0.5, 0.6) is 5.75 Å². The van der Waals surface area contributed by atoms with Crippen LogP contribution in [0.1, 0.15) is 61.9 Å². The van der Waals surface area contributed by atoms with E-state index in [2.05, 4.69) is 23.6 Å². The maximum atomic E-state index is 11.2. The standard InChI is InChI=1S/C24H33NO4/c1-3-28-23(24(26)27)17-19-10-12-21(13-11-19)29-16-15-25-18(2)9-14-22(25)20-7-5-4-6-8-20/h9-14,20,23H,3-8,15-17H2,1-2H3,(H,26,27). The molecular formula is C24H33NO4. The summed E-state index contributed by atoms with van der Waals surface area (Å²) in [7, 11) is 0. The molecule has 0 spiro atoms. The predicted octanol–water partition coefficient (Wildman–Crippen LogP) is 4.96. The van der Waals surface area contributed by atoms with Gasteiger partial charge in [-0.15, -0.1) is 0 Å². The highest BCUT2D eigenvalue weighted by atomic mass is 16.5. The van der Waals surface area contributed by atoms with Crippen LogP contribution in [0.25, 0.3) is 0 Å². The normalized spacial score (nSPS) is 15.9. The second kappa shape index (κ2) is 10.5. The van der Waals surface area contributed by atoms with E-state index in [0.29, 0.717) is 25.6 Å². The molecule has 5 heteroatoms. The van der Waals surface area contributed by atoms with Crippen molar-refractivity contribution >= 4 is 5.97 Å². The predicted molar refractivity (Wildman–Crippen MR) is 114 cm³/mol. The molecule has 29 heavy (non-hydrogen) atoms. The molecule has 0 aliphatic heterocycles. The molecule has 1 heterocycles. The summed E-state index contributed by atoms with van der Waals surface area (Å²) < 4.78 is 13.7. The molecule has 5 nitrogen and oxygen atoms in total. The topological polar surface area (TPSA) is 60.7 Å². The summed E-state index contributed by atoms with van der Waals surface area (Å²) in [6.45, 7) is 5.82. The molecule has 1 saturated carbocycles. The van der Waals surface area contributed by atoms with Crippen molar-refractivity contribution in [3.05, 3.63) is 53.3 Å². The van der Waals surface area contributed by atoms with Crippen molar-refractivity contribution < 1.29 is 19.4 Å². The fourth-order valence-corrected chi connectivity index (χ4v) is 4.26. The van der Waals surface area contributed by atoms with Crippen LogP contribution in [-0.2, 0) is 22.5 Å². The minimum atomic E-state index is -0.928. The number of hydrogen-bond acceptors (Lipinski definition) is 3. The second-order valence-corrected chi connectivity index (χ2v) is 7.86. The number of carboxylic acid groups (broad SMARTS) is 1. The number of nitrogens with zero attached hydrogens (tertiary/aromatic N) is 1. The van der Waals surface area contributed by atoms with E-state index in [0.717, 1.165) is 17.9 Å². The Morgan fingerprint density at radius 1 is 1.14 bits per heavy atom. The summed E-state index contributed by atoms with van der Waals surface area (Å²) in [6, 6.07) is 12.2. The lowest BCUT2D eigenvalue weighted by Crippen LogP contribution is -2.26. The van der Waals surface area contributed by atoms with Gasteiger partial charge >= 0.3 is 5.97 Å². The van der Waals surface area contributed by atoms with Crippen molar-refractivity contribution in [3.63, 3.8) is 0 Å². The minimum Gasteiger partial charge on any atom is -0.492 e. The molecule has 0 radical (unpaired) electrons. The number of aromatic nitrogens is 1. The van der Waals surface area contributed by atoms with Gasteiger partial charge in [0.1, 0.15) is 12.4 Å². The third kappa shape index (κ3) is 5.86. The van der Waals surface area contributed by atoms with Gasteiger partial charge in [-0.3, -0.25) is 0 Å². The van der Waals surface area contributed by atoms with Crippen molar-refractivity contribution in [2.45, 2.75) is 70.9 Å². The first kappa shape index (κ1) is 21.4. The van der Waals surface area contributed by atoms with Crippen molar-refractivity contribution in [1.82, 2.24) is 4.57 Å². The number of aliphatic carboxylic acids is 1. The Labute approximate surface area is 173 Å². The summed E-state index contributed by atoms with van der Waals surface area (Å²) >= 11 is 0. The Bertz CT molecular complexity index is 775. The Morgan fingerprint density at radius 2 is 1.86 bits per heavy atom. The van der Waals surface area contributed by atoms with E-state index >= 15 is 0 Å². The van der Waals surface area contributed by atoms with E-state index in [1.54, 1.807) is 6.92 Å². The maximum absolute atomic E-state index is 11.2. The average molecular weight is 400 g/mol. The van der Waals surface area contributed by atoms with Gasteiger partial charge in [-0.05, 0) is 62.4 Å². The van der Waals surface area contributed by atoms with Crippen LogP contribution in [-0.4, -0.2) is 35.0 Å². The van der Waals surface area contributed by atoms with Gasteiger partial charge < -0.3 is 19.1 Å². The number of aryl methyl sites for hydroxylation is 1. The largest absolute Gasteiger partial charge is 0.492 e. The van der Waals surface area contributed by atoms with Gasteiger partial charge in [-0.2, -0.15) is 0 Å². The maximum Gasteiger partial charge on any atom is 0.333 e. The molecule has 1 aromatic carbocycles. The Morgan fingerprint density at radius 3 is 2.52 bits per heavy atom. The smallest absolute Gasteiger partial charge is 0.333 e. The summed E-state index contributed by atoms with van der Waals surface area (Å²) in [5.74, 6) is 0.563. The molecule has 1 fully saturated rings. The lowest BCUT2D eigenvalue weighted by atomic mass is 9.87. The third-order valence-corrected chi connectivity index (χ3v) is 5.83. The fourth-order valence-electron chi connectivity index (χ4n) is 4.26. The third-order valence-electron chi connectivity index (χ3n) is 5.83. The monoisotopic (exact) mass is 399 g/mol. The van der Waals surface area contributed by atoms with E-state index in [1.807, 2.05) is 24.3 Å². The number of hydrogen-bond donors (Lipinski definition) is 1. The minimum absolute atomic E-state index is 0.358. The van der Waals surface area contributed by atoms with E-state index in [-0.39, 0.29) is 0 Å². The molecule has 1 aromatic heterocycles. The zero-order valence-corrected chi connectivity index (χ0v) is 17.6. The molecule has 1 atom stereocenters. The summed E-state index contributed by atoms with van der Waals surface area (Å²) in [5, 5.41) is 9.21. The lowest BCUT2D eigenvalue weighted by Gasteiger charge is -2.24. The van der Waals surface area contributed by atoms with Gasteiger partial charge in [0.15, 0.2) is 6.10 Å². The van der Waals surface area contributed by atoms with Crippen LogP contribution in [0, 0.1) is 6.92 Å². The van der Waals surface area contributed by atoms with Crippen LogP contribution >= 0.6 is 0 Å². The van der Waals surface area contributed by atoms with Crippen molar-refractivity contribution in [1.29, 1.82) is 0 Å². The van der Waals surface area contributed by atoms with Crippen LogP contribution in [0.2, 0.25) is 0 Å². The molecule has 1 aliphatic rings. The molecule has 0 saturated heterocycles. The first-order valence-corrected chi connectivity index (χ1v) is 10.8. The van der Waals surface area contributed by atoms with Crippen molar-refractivity contribution in [3.8, 4) is 5.75 Å². The number of carbonyl (C=O) groups is 1. The molecule has 2 aromatic rings. The molecule has 1 aliphatic carbocycles. The summed E-state index contributed by atoms with van der Waals surface area (Å²) in [4.78, 5) is 11.2. The highest BCUT2D eigenvalue weighted by molar-refractivity contribution is 5.72. The number of benzene rings is 1. The molecule has 158 valence electrons. The summed E-state index contributed by atoms with van der Waals surface area (Å²) in [6.07, 6.45) is 6.19. The molecule has 1 unspecified atom stereocenters. The second-order valence-electron chi connectivity index (χ2n) is 7.86. The number of ether oxygens (including phenoxy) is 2. The van der Waals surface area contributed by atoms with Gasteiger partial charge in [-0.25, -0.2) is 4.79 Å². The molecular weight excluding hydrogens is 366 g/mol. The number of carboxylic acids is 1. The van der Waals surface area contributed by atoms with Crippen molar-refractivity contribution in [2.75, 3.05) is 13.2 Å². The van der Waals surface area contributed by atoms with E-state index in [9.17, 15) is 9.90 Å². The molecule has 1 N–H and O–H groups in total. The van der Waals surface area contributed by atoms with Gasteiger partial charge in [0.2, 0.25) is 0 Å². The highest BCUT2D eigenvalue weighted by Crippen LogP contribution is 2.33. The van der Waals surface area contributed by atoms with Gasteiger partial charge in [-0.1, -0.05) is 31.4 Å². The van der Waals surface area contributed by atoms with Crippen molar-refractivity contribution in [2.24, 2.45) is 0 Å². The van der Waals surface area contributed by atoms with Crippen LogP contribution < -0.4 is 4.74 Å². The van der Waals surface area contributed by atoms with Crippen LogP contribution in [0.4, 0.5) is 0 Å². The van der Waals surface area contributed by atoms with Crippen LogP contribution in [0.3, 0.4) is 0 Å².